The van der Waals surface area contributed by atoms with E-state index in [9.17, 15) is 5.11 Å². The zero-order chi connectivity index (χ0) is 12.3. The number of hydrogen-bond acceptors (Lipinski definition) is 3. The van der Waals surface area contributed by atoms with Gasteiger partial charge < -0.3 is 15.2 Å². The molecule has 0 aromatic heterocycles. The van der Waals surface area contributed by atoms with Gasteiger partial charge in [-0.15, -0.1) is 0 Å². The van der Waals surface area contributed by atoms with Crippen LogP contribution in [0, 0.1) is 13.8 Å². The normalized spacial score (nSPS) is 24.2. The van der Waals surface area contributed by atoms with E-state index in [1.54, 1.807) is 0 Å². The first-order valence-corrected chi connectivity index (χ1v) is 6.16. The summed E-state index contributed by atoms with van der Waals surface area (Å²) in [6, 6.07) is 6.46. The first-order valence-electron chi connectivity index (χ1n) is 6.16. The lowest BCUT2D eigenvalue weighted by Crippen LogP contribution is -2.40. The molecule has 0 amide bonds. The van der Waals surface area contributed by atoms with Gasteiger partial charge in [0.05, 0.1) is 6.61 Å². The summed E-state index contributed by atoms with van der Waals surface area (Å²) >= 11 is 0. The maximum atomic E-state index is 10.1. The third kappa shape index (κ3) is 3.28. The van der Waals surface area contributed by atoms with Crippen LogP contribution in [0.4, 0.5) is 0 Å². The fourth-order valence-electron chi connectivity index (χ4n) is 2.09. The minimum absolute atomic E-state index is 0.451. The van der Waals surface area contributed by atoms with Crippen LogP contribution in [-0.2, 0) is 11.3 Å². The van der Waals surface area contributed by atoms with Gasteiger partial charge in [-0.1, -0.05) is 18.2 Å². The van der Waals surface area contributed by atoms with Crippen molar-refractivity contribution in [3.63, 3.8) is 0 Å². The van der Waals surface area contributed by atoms with E-state index < -0.39 is 5.60 Å². The minimum atomic E-state index is -0.667. The summed E-state index contributed by atoms with van der Waals surface area (Å²) in [5.74, 6) is 0. The van der Waals surface area contributed by atoms with Crippen molar-refractivity contribution in [2.24, 2.45) is 0 Å². The van der Waals surface area contributed by atoms with Gasteiger partial charge in [0.1, 0.15) is 5.60 Å². The SMILES string of the molecule is Cc1ccc(CNCC2(O)CCOC2)cc1C. The van der Waals surface area contributed by atoms with E-state index in [2.05, 4.69) is 37.4 Å². The van der Waals surface area contributed by atoms with E-state index in [1.807, 2.05) is 0 Å². The molecule has 2 N–H and O–H groups in total. The van der Waals surface area contributed by atoms with Crippen LogP contribution in [0.3, 0.4) is 0 Å². The summed E-state index contributed by atoms with van der Waals surface area (Å²) in [5, 5.41) is 13.4. The summed E-state index contributed by atoms with van der Waals surface area (Å²) in [6.07, 6.45) is 0.729. The number of hydrogen-bond donors (Lipinski definition) is 2. The lowest BCUT2D eigenvalue weighted by Gasteiger charge is -2.20. The largest absolute Gasteiger partial charge is 0.386 e. The van der Waals surface area contributed by atoms with Crippen LogP contribution in [0.15, 0.2) is 18.2 Å². The number of ether oxygens (including phenoxy) is 1. The van der Waals surface area contributed by atoms with Crippen LogP contribution >= 0.6 is 0 Å². The van der Waals surface area contributed by atoms with Crippen LogP contribution in [0.2, 0.25) is 0 Å². The zero-order valence-corrected chi connectivity index (χ0v) is 10.6. The highest BCUT2D eigenvalue weighted by molar-refractivity contribution is 5.29. The Hall–Kier alpha value is -0.900. The first kappa shape index (κ1) is 12.6. The topological polar surface area (TPSA) is 41.5 Å². The van der Waals surface area contributed by atoms with Crippen molar-refractivity contribution in [2.75, 3.05) is 19.8 Å². The number of rotatable bonds is 4. The smallest absolute Gasteiger partial charge is 0.102 e. The van der Waals surface area contributed by atoms with E-state index in [4.69, 9.17) is 4.74 Å². The molecule has 0 bridgehead atoms. The molecule has 3 heteroatoms. The Morgan fingerprint density at radius 2 is 2.18 bits per heavy atom. The highest BCUT2D eigenvalue weighted by Crippen LogP contribution is 2.17. The molecule has 1 fully saturated rings. The Morgan fingerprint density at radius 1 is 1.35 bits per heavy atom. The maximum Gasteiger partial charge on any atom is 0.102 e. The lowest BCUT2D eigenvalue weighted by molar-refractivity contribution is 0.0268. The van der Waals surface area contributed by atoms with Crippen LogP contribution in [0.5, 0.6) is 0 Å². The molecule has 1 aromatic carbocycles. The number of aryl methyl sites for hydroxylation is 2. The molecular formula is C14H21NO2. The highest BCUT2D eigenvalue weighted by atomic mass is 16.5. The van der Waals surface area contributed by atoms with Gasteiger partial charge in [-0.25, -0.2) is 0 Å². The molecule has 1 unspecified atom stereocenters. The highest BCUT2D eigenvalue weighted by Gasteiger charge is 2.31. The molecule has 94 valence electrons. The van der Waals surface area contributed by atoms with Crippen molar-refractivity contribution in [1.82, 2.24) is 5.32 Å². The fourth-order valence-corrected chi connectivity index (χ4v) is 2.09. The summed E-state index contributed by atoms with van der Waals surface area (Å²) in [6.45, 7) is 6.75. The molecule has 0 saturated carbocycles. The van der Waals surface area contributed by atoms with Gasteiger partial charge in [-0.05, 0) is 30.5 Å². The Labute approximate surface area is 103 Å². The van der Waals surface area contributed by atoms with Crippen molar-refractivity contribution < 1.29 is 9.84 Å². The lowest BCUT2D eigenvalue weighted by atomic mass is 10.0. The van der Waals surface area contributed by atoms with Crippen molar-refractivity contribution in [3.05, 3.63) is 34.9 Å². The van der Waals surface area contributed by atoms with Gasteiger partial charge in [-0.2, -0.15) is 0 Å². The number of nitrogens with one attached hydrogen (secondary N) is 1. The molecule has 1 atom stereocenters. The second-order valence-corrected chi connectivity index (χ2v) is 5.05. The summed E-state index contributed by atoms with van der Waals surface area (Å²) in [4.78, 5) is 0. The molecule has 1 saturated heterocycles. The summed E-state index contributed by atoms with van der Waals surface area (Å²) in [7, 11) is 0. The summed E-state index contributed by atoms with van der Waals surface area (Å²) < 4.78 is 5.21. The second-order valence-electron chi connectivity index (χ2n) is 5.05. The number of benzene rings is 1. The predicted molar refractivity (Wildman–Crippen MR) is 68.0 cm³/mol. The van der Waals surface area contributed by atoms with Crippen molar-refractivity contribution >= 4 is 0 Å². The van der Waals surface area contributed by atoms with E-state index >= 15 is 0 Å². The van der Waals surface area contributed by atoms with E-state index in [0.717, 1.165) is 13.0 Å². The molecule has 1 aliphatic heterocycles. The summed E-state index contributed by atoms with van der Waals surface area (Å²) in [5.41, 5.74) is 3.22. The van der Waals surface area contributed by atoms with E-state index in [0.29, 0.717) is 19.8 Å². The predicted octanol–water partition coefficient (Wildman–Crippen LogP) is 1.54. The minimum Gasteiger partial charge on any atom is -0.386 e. The van der Waals surface area contributed by atoms with Crippen molar-refractivity contribution in [1.29, 1.82) is 0 Å². The van der Waals surface area contributed by atoms with Crippen LogP contribution in [-0.4, -0.2) is 30.5 Å². The second kappa shape index (κ2) is 5.17. The van der Waals surface area contributed by atoms with Crippen LogP contribution < -0.4 is 5.32 Å². The standard InChI is InChI=1S/C14H21NO2/c1-11-3-4-13(7-12(11)2)8-15-9-14(16)5-6-17-10-14/h3-4,7,15-16H,5-6,8-10H2,1-2H3. The van der Waals surface area contributed by atoms with Crippen molar-refractivity contribution in [3.8, 4) is 0 Å². The third-order valence-corrected chi connectivity index (χ3v) is 3.44. The molecule has 3 nitrogen and oxygen atoms in total. The molecule has 0 spiro atoms. The van der Waals surface area contributed by atoms with Crippen molar-refractivity contribution in [2.45, 2.75) is 32.4 Å². The molecule has 17 heavy (non-hydrogen) atoms. The van der Waals surface area contributed by atoms with Gasteiger partial charge in [-0.3, -0.25) is 0 Å². The van der Waals surface area contributed by atoms with Crippen LogP contribution in [0.1, 0.15) is 23.1 Å². The molecule has 1 aromatic rings. The fraction of sp³-hybridized carbons (Fsp3) is 0.571. The molecular weight excluding hydrogens is 214 g/mol. The third-order valence-electron chi connectivity index (χ3n) is 3.44. The maximum absolute atomic E-state index is 10.1. The van der Waals surface area contributed by atoms with Crippen LogP contribution in [0.25, 0.3) is 0 Å². The Kier molecular flexibility index (Phi) is 3.82. The van der Waals surface area contributed by atoms with Gasteiger partial charge in [0, 0.05) is 26.1 Å². The monoisotopic (exact) mass is 235 g/mol. The molecule has 0 aliphatic carbocycles. The van der Waals surface area contributed by atoms with Gasteiger partial charge in [0.15, 0.2) is 0 Å². The van der Waals surface area contributed by atoms with Gasteiger partial charge in [0.2, 0.25) is 0 Å². The molecule has 1 heterocycles. The Bertz CT molecular complexity index is 384. The molecule has 0 radical (unpaired) electrons. The average Bonchev–Trinajstić information content (AvgIpc) is 2.71. The van der Waals surface area contributed by atoms with Gasteiger partial charge >= 0.3 is 0 Å². The Balaban J connectivity index is 1.83. The average molecular weight is 235 g/mol. The zero-order valence-electron chi connectivity index (χ0n) is 10.6. The first-order chi connectivity index (χ1) is 8.09. The Morgan fingerprint density at radius 3 is 2.82 bits per heavy atom. The number of aliphatic hydroxyl groups is 1. The van der Waals surface area contributed by atoms with Gasteiger partial charge in [0.25, 0.3) is 0 Å². The van der Waals surface area contributed by atoms with E-state index in [1.165, 1.54) is 16.7 Å². The van der Waals surface area contributed by atoms with E-state index in [-0.39, 0.29) is 0 Å². The molecule has 1 aliphatic rings. The molecule has 2 rings (SSSR count). The quantitative estimate of drug-likeness (QED) is 0.832.